The monoisotopic (exact) mass is 573 g/mol. The van der Waals surface area contributed by atoms with Crippen LogP contribution in [0, 0.1) is 12.7 Å². The van der Waals surface area contributed by atoms with E-state index in [1.165, 1.54) is 12.7 Å². The minimum Gasteiger partial charge on any atom is -0.457 e. The Kier molecular flexibility index (Phi) is 6.91. The molecular formula is C28H25ClFN9O2. The van der Waals surface area contributed by atoms with Gasteiger partial charge in [0, 0.05) is 30.4 Å². The van der Waals surface area contributed by atoms with Crippen LogP contribution in [-0.2, 0) is 4.79 Å². The molecule has 0 bridgehead atoms. The van der Waals surface area contributed by atoms with Crippen molar-refractivity contribution >= 4 is 51.3 Å². The summed E-state index contributed by atoms with van der Waals surface area (Å²) in [5.41, 5.74) is 2.98. The molecule has 0 spiro atoms. The molecule has 5 heterocycles. The SMILES string of the molecule is Cc1c(Oc2ccn3ncnc3c2)ccc(Nc2ncnc3cnc(C4=CCN(C(=O)C(C)Cl)[C@@H](C)C4)nc23)c1F. The number of carbonyl (C=O) groups is 1. The number of hydrogen-bond acceptors (Lipinski definition) is 9. The third-order valence-corrected chi connectivity index (χ3v) is 7.13. The molecule has 13 heteroatoms. The van der Waals surface area contributed by atoms with Gasteiger partial charge in [0.05, 0.1) is 11.9 Å². The molecule has 1 aliphatic rings. The number of benzene rings is 1. The minimum absolute atomic E-state index is 0.0660. The largest absolute Gasteiger partial charge is 0.457 e. The number of amides is 1. The van der Waals surface area contributed by atoms with Gasteiger partial charge in [0.25, 0.3) is 0 Å². The standard InChI is InChI=1S/C28H25ClFN9O2/c1-15-10-18(6-8-38(15)28(40)17(3)29)26-31-12-21-25(37-26)27(34-13-32-21)36-20-4-5-22(16(2)24(20)30)41-19-7-9-39-23(11-19)33-14-35-39/h4-7,9,11-15,17H,8,10H2,1-3H3,(H,32,34,36)/t15-,17?/m0/s1. The number of alkyl halides is 1. The fraction of sp³-hybridized carbons (Fsp3) is 0.250. The van der Waals surface area contributed by atoms with Crippen molar-refractivity contribution in [2.24, 2.45) is 0 Å². The van der Waals surface area contributed by atoms with Crippen LogP contribution in [0.4, 0.5) is 15.9 Å². The molecule has 5 aromatic rings. The Hall–Kier alpha value is -4.71. The van der Waals surface area contributed by atoms with Crippen molar-refractivity contribution < 1.29 is 13.9 Å². The predicted octanol–water partition coefficient (Wildman–Crippen LogP) is 5.08. The van der Waals surface area contributed by atoms with Crippen molar-refractivity contribution in [3.8, 4) is 11.5 Å². The highest BCUT2D eigenvalue weighted by atomic mass is 35.5. The fourth-order valence-corrected chi connectivity index (χ4v) is 4.83. The molecule has 208 valence electrons. The molecule has 41 heavy (non-hydrogen) atoms. The summed E-state index contributed by atoms with van der Waals surface area (Å²) in [6.07, 6.45) is 8.64. The molecule has 0 saturated heterocycles. The number of carbonyl (C=O) groups excluding carboxylic acids is 1. The van der Waals surface area contributed by atoms with Crippen molar-refractivity contribution in [3.63, 3.8) is 0 Å². The fourth-order valence-electron chi connectivity index (χ4n) is 4.71. The molecular weight excluding hydrogens is 549 g/mol. The molecule has 6 rings (SSSR count). The maximum Gasteiger partial charge on any atom is 0.240 e. The number of aromatic nitrogens is 7. The molecule has 1 N–H and O–H groups in total. The zero-order valence-electron chi connectivity index (χ0n) is 22.4. The number of nitrogens with one attached hydrogen (secondary N) is 1. The van der Waals surface area contributed by atoms with E-state index in [1.807, 2.05) is 13.0 Å². The number of anilines is 2. The van der Waals surface area contributed by atoms with Gasteiger partial charge in [-0.25, -0.2) is 33.8 Å². The van der Waals surface area contributed by atoms with E-state index in [9.17, 15) is 4.79 Å². The topological polar surface area (TPSA) is 123 Å². The van der Waals surface area contributed by atoms with Gasteiger partial charge < -0.3 is 15.0 Å². The smallest absolute Gasteiger partial charge is 0.240 e. The lowest BCUT2D eigenvalue weighted by atomic mass is 10.00. The van der Waals surface area contributed by atoms with Crippen LogP contribution in [0.1, 0.15) is 31.7 Å². The van der Waals surface area contributed by atoms with E-state index in [0.717, 1.165) is 5.57 Å². The third-order valence-electron chi connectivity index (χ3n) is 6.94. The first-order chi connectivity index (χ1) is 19.8. The van der Waals surface area contributed by atoms with Crippen LogP contribution in [0.2, 0.25) is 0 Å². The highest BCUT2D eigenvalue weighted by molar-refractivity contribution is 6.30. The third kappa shape index (κ3) is 5.13. The first-order valence-electron chi connectivity index (χ1n) is 12.9. The van der Waals surface area contributed by atoms with Crippen LogP contribution in [0.3, 0.4) is 0 Å². The van der Waals surface area contributed by atoms with Crippen molar-refractivity contribution in [2.45, 2.75) is 38.6 Å². The summed E-state index contributed by atoms with van der Waals surface area (Å²) in [5, 5.41) is 6.53. The van der Waals surface area contributed by atoms with E-state index in [-0.39, 0.29) is 17.6 Å². The average Bonchev–Trinajstić information content (AvgIpc) is 3.44. The summed E-state index contributed by atoms with van der Waals surface area (Å²) in [7, 11) is 0. The van der Waals surface area contributed by atoms with Gasteiger partial charge in [-0.1, -0.05) is 6.08 Å². The van der Waals surface area contributed by atoms with Crippen LogP contribution in [0.15, 0.2) is 55.4 Å². The molecule has 0 fully saturated rings. The lowest BCUT2D eigenvalue weighted by Crippen LogP contribution is -2.44. The van der Waals surface area contributed by atoms with Crippen LogP contribution in [0.5, 0.6) is 11.5 Å². The normalized spacial score (nSPS) is 16.1. The Morgan fingerprint density at radius 1 is 1.20 bits per heavy atom. The van der Waals surface area contributed by atoms with Crippen molar-refractivity contribution in [2.75, 3.05) is 11.9 Å². The van der Waals surface area contributed by atoms with Gasteiger partial charge >= 0.3 is 0 Å². The van der Waals surface area contributed by atoms with Gasteiger partial charge in [0.1, 0.15) is 40.6 Å². The second-order valence-corrected chi connectivity index (χ2v) is 10.4. The van der Waals surface area contributed by atoms with E-state index in [1.54, 1.807) is 59.9 Å². The zero-order chi connectivity index (χ0) is 28.7. The quantitative estimate of drug-likeness (QED) is 0.277. The number of rotatable bonds is 6. The highest BCUT2D eigenvalue weighted by Crippen LogP contribution is 2.33. The van der Waals surface area contributed by atoms with E-state index in [0.29, 0.717) is 58.4 Å². The highest BCUT2D eigenvalue weighted by Gasteiger charge is 2.28. The molecule has 11 nitrogen and oxygen atoms in total. The Balaban J connectivity index is 1.26. The molecule has 0 saturated carbocycles. The van der Waals surface area contributed by atoms with Crippen molar-refractivity contribution in [1.82, 2.24) is 39.4 Å². The summed E-state index contributed by atoms with van der Waals surface area (Å²) >= 11 is 6.01. The predicted molar refractivity (Wildman–Crippen MR) is 152 cm³/mol. The van der Waals surface area contributed by atoms with E-state index < -0.39 is 11.2 Å². The van der Waals surface area contributed by atoms with E-state index >= 15 is 4.39 Å². The Morgan fingerprint density at radius 2 is 2.05 bits per heavy atom. The molecule has 1 aliphatic heterocycles. The summed E-state index contributed by atoms with van der Waals surface area (Å²) in [6, 6.07) is 6.64. The Bertz CT molecular complexity index is 1820. The molecule has 0 aliphatic carbocycles. The molecule has 2 atom stereocenters. The van der Waals surface area contributed by atoms with Gasteiger partial charge in [-0.15, -0.1) is 11.6 Å². The average molecular weight is 574 g/mol. The molecule has 1 amide bonds. The number of halogens is 2. The van der Waals surface area contributed by atoms with E-state index in [4.69, 9.17) is 21.3 Å². The van der Waals surface area contributed by atoms with Gasteiger partial charge in [0.2, 0.25) is 5.91 Å². The number of nitrogens with zero attached hydrogens (tertiary/aromatic N) is 8. The summed E-state index contributed by atoms with van der Waals surface area (Å²) in [5.74, 6) is 1.10. The second kappa shape index (κ2) is 10.7. The first kappa shape index (κ1) is 26.5. The van der Waals surface area contributed by atoms with Crippen LogP contribution in [-0.4, -0.2) is 63.3 Å². The van der Waals surface area contributed by atoms with Crippen molar-refractivity contribution in [1.29, 1.82) is 0 Å². The van der Waals surface area contributed by atoms with Crippen molar-refractivity contribution in [3.05, 3.63) is 72.6 Å². The number of fused-ring (bicyclic) bond motifs is 2. The molecule has 1 unspecified atom stereocenters. The van der Waals surface area contributed by atoms with Crippen LogP contribution >= 0.6 is 11.6 Å². The summed E-state index contributed by atoms with van der Waals surface area (Å²) in [4.78, 5) is 36.1. The summed E-state index contributed by atoms with van der Waals surface area (Å²) < 4.78 is 23.1. The van der Waals surface area contributed by atoms with Crippen LogP contribution in [0.25, 0.3) is 22.3 Å². The number of hydrogen-bond donors (Lipinski definition) is 1. The Morgan fingerprint density at radius 3 is 2.85 bits per heavy atom. The van der Waals surface area contributed by atoms with Gasteiger partial charge in [-0.3, -0.25) is 4.79 Å². The van der Waals surface area contributed by atoms with Gasteiger partial charge in [-0.2, -0.15) is 5.10 Å². The zero-order valence-corrected chi connectivity index (χ0v) is 23.2. The lowest BCUT2D eigenvalue weighted by molar-refractivity contribution is -0.132. The summed E-state index contributed by atoms with van der Waals surface area (Å²) in [6.45, 7) is 5.68. The maximum absolute atomic E-state index is 15.5. The number of ether oxygens (including phenoxy) is 1. The van der Waals surface area contributed by atoms with Gasteiger partial charge in [-0.05, 0) is 51.0 Å². The van der Waals surface area contributed by atoms with E-state index in [2.05, 4.69) is 30.4 Å². The molecule has 0 radical (unpaired) electrons. The van der Waals surface area contributed by atoms with Gasteiger partial charge in [0.15, 0.2) is 23.1 Å². The first-order valence-corrected chi connectivity index (χ1v) is 13.4. The Labute approximate surface area is 239 Å². The van der Waals surface area contributed by atoms with Crippen LogP contribution < -0.4 is 10.1 Å². The molecule has 1 aromatic carbocycles. The number of pyridine rings is 1. The lowest BCUT2D eigenvalue weighted by Gasteiger charge is -2.33. The maximum atomic E-state index is 15.5. The minimum atomic E-state index is -0.594. The molecule has 4 aromatic heterocycles. The second-order valence-electron chi connectivity index (χ2n) is 9.74.